The van der Waals surface area contributed by atoms with Crippen molar-refractivity contribution in [2.75, 3.05) is 7.11 Å². The molecule has 2 aromatic carbocycles. The van der Waals surface area contributed by atoms with E-state index in [1.807, 2.05) is 47.0 Å². The van der Waals surface area contributed by atoms with E-state index in [-0.39, 0.29) is 5.69 Å². The Morgan fingerprint density at radius 3 is 2.65 bits per heavy atom. The molecule has 31 heavy (non-hydrogen) atoms. The van der Waals surface area contributed by atoms with Gasteiger partial charge in [-0.15, -0.1) is 10.2 Å². The third kappa shape index (κ3) is 4.72. The monoisotopic (exact) mass is 433 g/mol. The molecule has 2 aromatic heterocycles. The van der Waals surface area contributed by atoms with Crippen molar-refractivity contribution in [3.63, 3.8) is 0 Å². The molecule has 156 valence electrons. The first-order valence-corrected chi connectivity index (χ1v) is 10.5. The van der Waals surface area contributed by atoms with Crippen LogP contribution in [-0.2, 0) is 12.3 Å². The lowest BCUT2D eigenvalue weighted by Crippen LogP contribution is -2.04. The lowest BCUT2D eigenvalue weighted by molar-refractivity contribution is -0.384. The Morgan fingerprint density at radius 1 is 1.10 bits per heavy atom. The number of ether oxygens (including phenoxy) is 1. The first-order valence-electron chi connectivity index (χ1n) is 9.47. The maximum absolute atomic E-state index is 11.2. The molecule has 0 aliphatic carbocycles. The zero-order valence-electron chi connectivity index (χ0n) is 16.7. The zero-order chi connectivity index (χ0) is 21.6. The predicted octanol–water partition coefficient (Wildman–Crippen LogP) is 4.60. The average molecular weight is 433 g/mol. The molecule has 0 fully saturated rings. The molecule has 0 atom stereocenters. The van der Waals surface area contributed by atoms with Gasteiger partial charge < -0.3 is 4.74 Å². The highest BCUT2D eigenvalue weighted by Gasteiger charge is 2.17. The van der Waals surface area contributed by atoms with E-state index in [1.54, 1.807) is 25.6 Å². The van der Waals surface area contributed by atoms with Gasteiger partial charge in [-0.2, -0.15) is 0 Å². The van der Waals surface area contributed by atoms with Crippen molar-refractivity contribution in [2.24, 2.45) is 0 Å². The summed E-state index contributed by atoms with van der Waals surface area (Å²) in [6.07, 6.45) is 3.47. The zero-order valence-corrected chi connectivity index (χ0v) is 17.5. The number of hydrogen-bond acceptors (Lipinski definition) is 7. The van der Waals surface area contributed by atoms with Crippen molar-refractivity contribution >= 4 is 17.4 Å². The molecule has 0 aliphatic rings. The van der Waals surface area contributed by atoms with Crippen LogP contribution in [0.25, 0.3) is 11.4 Å². The van der Waals surface area contributed by atoms with Gasteiger partial charge in [0.15, 0.2) is 11.0 Å². The number of nitro benzene ring substituents is 1. The quantitative estimate of drug-likeness (QED) is 0.228. The second-order valence-electron chi connectivity index (χ2n) is 6.66. The fraction of sp³-hybridized carbons (Fsp3) is 0.136. The standard InChI is InChI=1S/C22H19N5O3S/c1-30-20-10-9-19(27(28)29)12-18(20)15-31-22-25-24-21(17-8-5-11-23-13-17)26(22)14-16-6-3-2-4-7-16/h2-13H,14-15H2,1H3. The summed E-state index contributed by atoms with van der Waals surface area (Å²) >= 11 is 1.45. The van der Waals surface area contributed by atoms with E-state index in [1.165, 1.54) is 23.9 Å². The topological polar surface area (TPSA) is 96.0 Å². The summed E-state index contributed by atoms with van der Waals surface area (Å²) < 4.78 is 7.41. The fourth-order valence-electron chi connectivity index (χ4n) is 3.15. The van der Waals surface area contributed by atoms with Crippen LogP contribution in [-0.4, -0.2) is 31.8 Å². The summed E-state index contributed by atoms with van der Waals surface area (Å²) in [5, 5.41) is 20.7. The van der Waals surface area contributed by atoms with Crippen LogP contribution in [0.5, 0.6) is 5.75 Å². The Balaban J connectivity index is 1.66. The van der Waals surface area contributed by atoms with Gasteiger partial charge in [0.05, 0.1) is 18.6 Å². The van der Waals surface area contributed by atoms with Gasteiger partial charge >= 0.3 is 0 Å². The summed E-state index contributed by atoms with van der Waals surface area (Å²) in [5.74, 6) is 1.76. The first kappa shape index (κ1) is 20.5. The van der Waals surface area contributed by atoms with Crippen LogP contribution in [0.1, 0.15) is 11.1 Å². The minimum Gasteiger partial charge on any atom is -0.496 e. The molecule has 0 radical (unpaired) electrons. The lowest BCUT2D eigenvalue weighted by atomic mass is 10.2. The first-order chi connectivity index (χ1) is 15.2. The number of pyridine rings is 1. The molecule has 0 unspecified atom stereocenters. The Kier molecular flexibility index (Phi) is 6.23. The van der Waals surface area contributed by atoms with Crippen LogP contribution in [0.4, 0.5) is 5.69 Å². The summed E-state index contributed by atoms with van der Waals surface area (Å²) in [4.78, 5) is 15.0. The number of rotatable bonds is 8. The highest BCUT2D eigenvalue weighted by Crippen LogP contribution is 2.32. The van der Waals surface area contributed by atoms with Gasteiger partial charge in [-0.1, -0.05) is 42.1 Å². The molecule has 2 heterocycles. The Labute approximate surface area is 183 Å². The summed E-state index contributed by atoms with van der Waals surface area (Å²) in [6.45, 7) is 0.590. The van der Waals surface area contributed by atoms with Crippen LogP contribution in [0.3, 0.4) is 0 Å². The van der Waals surface area contributed by atoms with Crippen molar-refractivity contribution in [3.8, 4) is 17.1 Å². The number of thioether (sulfide) groups is 1. The number of aromatic nitrogens is 4. The summed E-state index contributed by atoms with van der Waals surface area (Å²) in [5.41, 5.74) is 2.73. The molecule has 0 aliphatic heterocycles. The molecule has 0 saturated heterocycles. The van der Waals surface area contributed by atoms with E-state index < -0.39 is 4.92 Å². The van der Waals surface area contributed by atoms with E-state index in [9.17, 15) is 10.1 Å². The van der Waals surface area contributed by atoms with Crippen molar-refractivity contribution in [1.82, 2.24) is 19.7 Å². The molecule has 0 spiro atoms. The van der Waals surface area contributed by atoms with Gasteiger partial charge in [0.1, 0.15) is 5.75 Å². The molecule has 4 rings (SSSR count). The van der Waals surface area contributed by atoms with Gasteiger partial charge in [0.2, 0.25) is 0 Å². The Morgan fingerprint density at radius 2 is 1.94 bits per heavy atom. The molecule has 0 bridgehead atoms. The molecule has 0 amide bonds. The summed E-state index contributed by atoms with van der Waals surface area (Å²) in [6, 6.07) is 18.4. The van der Waals surface area contributed by atoms with Gasteiger partial charge in [0.25, 0.3) is 5.69 Å². The van der Waals surface area contributed by atoms with Crippen LogP contribution in [0, 0.1) is 10.1 Å². The van der Waals surface area contributed by atoms with E-state index in [0.717, 1.165) is 16.7 Å². The van der Waals surface area contributed by atoms with Gasteiger partial charge in [-0.3, -0.25) is 19.7 Å². The predicted molar refractivity (Wildman–Crippen MR) is 118 cm³/mol. The van der Waals surface area contributed by atoms with E-state index >= 15 is 0 Å². The normalized spacial score (nSPS) is 10.7. The lowest BCUT2D eigenvalue weighted by Gasteiger charge is -2.11. The van der Waals surface area contributed by atoms with Crippen LogP contribution < -0.4 is 4.74 Å². The number of non-ortho nitro benzene ring substituents is 1. The average Bonchev–Trinajstić information content (AvgIpc) is 3.21. The van der Waals surface area contributed by atoms with Crippen LogP contribution in [0.2, 0.25) is 0 Å². The van der Waals surface area contributed by atoms with Gasteiger partial charge in [-0.25, -0.2) is 0 Å². The van der Waals surface area contributed by atoms with Crippen molar-refractivity contribution in [2.45, 2.75) is 17.5 Å². The smallest absolute Gasteiger partial charge is 0.270 e. The van der Waals surface area contributed by atoms with Crippen LogP contribution in [0.15, 0.2) is 78.2 Å². The molecule has 0 N–H and O–H groups in total. The SMILES string of the molecule is COc1ccc([N+](=O)[O-])cc1CSc1nnc(-c2cccnc2)n1Cc1ccccc1. The molecule has 9 heteroatoms. The maximum Gasteiger partial charge on any atom is 0.270 e. The minimum atomic E-state index is -0.411. The highest BCUT2D eigenvalue weighted by atomic mass is 32.2. The summed E-state index contributed by atoms with van der Waals surface area (Å²) in [7, 11) is 1.55. The number of hydrogen-bond donors (Lipinski definition) is 0. The maximum atomic E-state index is 11.2. The Hall–Kier alpha value is -3.72. The van der Waals surface area contributed by atoms with Crippen molar-refractivity contribution < 1.29 is 9.66 Å². The number of nitro groups is 1. The second kappa shape index (κ2) is 9.40. The molecule has 4 aromatic rings. The third-order valence-electron chi connectivity index (χ3n) is 4.65. The fourth-order valence-corrected chi connectivity index (χ4v) is 4.06. The molecule has 0 saturated carbocycles. The van der Waals surface area contributed by atoms with Crippen molar-refractivity contribution in [1.29, 1.82) is 0 Å². The number of nitrogens with zero attached hydrogens (tertiary/aromatic N) is 5. The molecule has 8 nitrogen and oxygen atoms in total. The number of benzene rings is 2. The highest BCUT2D eigenvalue weighted by molar-refractivity contribution is 7.98. The largest absolute Gasteiger partial charge is 0.496 e. The van der Waals surface area contributed by atoms with Crippen LogP contribution >= 0.6 is 11.8 Å². The van der Waals surface area contributed by atoms with Gasteiger partial charge in [-0.05, 0) is 23.8 Å². The molecular weight excluding hydrogens is 414 g/mol. The van der Waals surface area contributed by atoms with E-state index in [2.05, 4.69) is 15.2 Å². The molecular formula is C22H19N5O3S. The van der Waals surface area contributed by atoms with Crippen molar-refractivity contribution in [3.05, 3.63) is 94.3 Å². The van der Waals surface area contributed by atoms with E-state index in [0.29, 0.717) is 29.0 Å². The Bertz CT molecular complexity index is 1180. The minimum absolute atomic E-state index is 0.0261. The third-order valence-corrected chi connectivity index (χ3v) is 5.67. The second-order valence-corrected chi connectivity index (χ2v) is 7.60. The van der Waals surface area contributed by atoms with E-state index in [4.69, 9.17) is 4.74 Å². The number of methoxy groups -OCH3 is 1. The van der Waals surface area contributed by atoms with Gasteiger partial charge in [0, 0.05) is 41.4 Å².